The predicted octanol–water partition coefficient (Wildman–Crippen LogP) is 2.39. The summed E-state index contributed by atoms with van der Waals surface area (Å²) >= 11 is 0. The number of hydrogen-bond donors (Lipinski definition) is 1. The Morgan fingerprint density at radius 1 is 1.19 bits per heavy atom. The summed E-state index contributed by atoms with van der Waals surface area (Å²) in [6.07, 6.45) is 3.51. The molecule has 0 bridgehead atoms. The van der Waals surface area contributed by atoms with Crippen LogP contribution in [0, 0.1) is 0 Å². The Morgan fingerprint density at radius 2 is 2.05 bits per heavy atom. The van der Waals surface area contributed by atoms with E-state index in [0.717, 1.165) is 22.8 Å². The summed E-state index contributed by atoms with van der Waals surface area (Å²) in [5.74, 6) is 0.854. The minimum Gasteiger partial charge on any atom is -0.377 e. The molecule has 1 unspecified atom stereocenters. The van der Waals surface area contributed by atoms with Crippen LogP contribution in [0.15, 0.2) is 42.9 Å². The molecule has 1 atom stereocenters. The number of aromatic nitrogens is 5. The third-order valence-electron chi connectivity index (χ3n) is 3.52. The van der Waals surface area contributed by atoms with E-state index in [9.17, 15) is 0 Å². The van der Waals surface area contributed by atoms with E-state index >= 15 is 0 Å². The molecule has 21 heavy (non-hydrogen) atoms. The third-order valence-corrected chi connectivity index (χ3v) is 3.52. The molecule has 0 aliphatic heterocycles. The SMILES string of the molecule is CC(Nc1cccc(-c2nncn2C)c1)c1ccnn1C. The fraction of sp³-hybridized carbons (Fsp3) is 0.267. The van der Waals surface area contributed by atoms with Crippen molar-refractivity contribution in [2.45, 2.75) is 13.0 Å². The van der Waals surface area contributed by atoms with Crippen molar-refractivity contribution >= 4 is 5.69 Å². The van der Waals surface area contributed by atoms with Gasteiger partial charge < -0.3 is 9.88 Å². The molecule has 1 aromatic carbocycles. The van der Waals surface area contributed by atoms with Crippen LogP contribution >= 0.6 is 0 Å². The van der Waals surface area contributed by atoms with Gasteiger partial charge >= 0.3 is 0 Å². The minimum atomic E-state index is 0.173. The zero-order valence-electron chi connectivity index (χ0n) is 12.4. The third kappa shape index (κ3) is 2.65. The van der Waals surface area contributed by atoms with E-state index in [2.05, 4.69) is 33.6 Å². The normalized spacial score (nSPS) is 12.3. The molecular formula is C15H18N6. The Hall–Kier alpha value is -2.63. The lowest BCUT2D eigenvalue weighted by molar-refractivity contribution is 0.676. The molecule has 0 spiro atoms. The van der Waals surface area contributed by atoms with Crippen LogP contribution in [0.1, 0.15) is 18.7 Å². The summed E-state index contributed by atoms with van der Waals surface area (Å²) in [4.78, 5) is 0. The number of benzene rings is 1. The molecule has 0 fully saturated rings. The second kappa shape index (κ2) is 5.40. The molecule has 108 valence electrons. The summed E-state index contributed by atoms with van der Waals surface area (Å²) in [5.41, 5.74) is 3.22. The molecule has 0 amide bonds. The fourth-order valence-corrected chi connectivity index (χ4v) is 2.43. The van der Waals surface area contributed by atoms with Crippen LogP contribution in [0.25, 0.3) is 11.4 Å². The van der Waals surface area contributed by atoms with Gasteiger partial charge in [-0.2, -0.15) is 5.10 Å². The van der Waals surface area contributed by atoms with E-state index in [1.54, 1.807) is 6.33 Å². The van der Waals surface area contributed by atoms with Gasteiger partial charge in [-0.15, -0.1) is 10.2 Å². The van der Waals surface area contributed by atoms with Gasteiger partial charge in [0.05, 0.1) is 11.7 Å². The number of aryl methyl sites for hydroxylation is 2. The van der Waals surface area contributed by atoms with E-state index in [0.29, 0.717) is 0 Å². The molecule has 0 saturated heterocycles. The van der Waals surface area contributed by atoms with Gasteiger partial charge in [0, 0.05) is 31.5 Å². The minimum absolute atomic E-state index is 0.173. The van der Waals surface area contributed by atoms with Crippen molar-refractivity contribution in [3.63, 3.8) is 0 Å². The zero-order valence-corrected chi connectivity index (χ0v) is 12.4. The monoisotopic (exact) mass is 282 g/mol. The maximum absolute atomic E-state index is 4.20. The van der Waals surface area contributed by atoms with Gasteiger partial charge in [0.2, 0.25) is 0 Å². The highest BCUT2D eigenvalue weighted by Crippen LogP contribution is 2.23. The summed E-state index contributed by atoms with van der Waals surface area (Å²) < 4.78 is 3.79. The van der Waals surface area contributed by atoms with Crippen LogP contribution in [0.5, 0.6) is 0 Å². The van der Waals surface area contributed by atoms with E-state index in [4.69, 9.17) is 0 Å². The van der Waals surface area contributed by atoms with Crippen LogP contribution in [-0.2, 0) is 14.1 Å². The molecular weight excluding hydrogens is 264 g/mol. The van der Waals surface area contributed by atoms with Crippen LogP contribution in [0.4, 0.5) is 5.69 Å². The van der Waals surface area contributed by atoms with Gasteiger partial charge in [-0.3, -0.25) is 4.68 Å². The van der Waals surface area contributed by atoms with Crippen molar-refractivity contribution in [2.24, 2.45) is 14.1 Å². The molecule has 0 aliphatic carbocycles. The molecule has 1 N–H and O–H groups in total. The second-order valence-electron chi connectivity index (χ2n) is 5.09. The average molecular weight is 282 g/mol. The molecule has 0 saturated carbocycles. The zero-order chi connectivity index (χ0) is 14.8. The lowest BCUT2D eigenvalue weighted by Crippen LogP contribution is -2.11. The standard InChI is InChI=1S/C15H18N6/c1-11(14-7-8-17-21(14)3)18-13-6-4-5-12(9-13)15-19-16-10-20(15)2/h4-11,18H,1-3H3. The van der Waals surface area contributed by atoms with Crippen LogP contribution in [-0.4, -0.2) is 24.5 Å². The first-order valence-corrected chi connectivity index (χ1v) is 6.84. The average Bonchev–Trinajstić information content (AvgIpc) is 3.07. The molecule has 6 heteroatoms. The van der Waals surface area contributed by atoms with Gasteiger partial charge in [0.15, 0.2) is 5.82 Å². The van der Waals surface area contributed by atoms with Gasteiger partial charge in [-0.1, -0.05) is 12.1 Å². The van der Waals surface area contributed by atoms with Crippen molar-refractivity contribution in [3.8, 4) is 11.4 Å². The predicted molar refractivity (Wildman–Crippen MR) is 81.7 cm³/mol. The summed E-state index contributed by atoms with van der Waals surface area (Å²) in [6, 6.07) is 10.4. The molecule has 2 heterocycles. The Labute approximate surface area is 123 Å². The molecule has 0 aliphatic rings. The van der Waals surface area contributed by atoms with Crippen LogP contribution in [0.2, 0.25) is 0 Å². The molecule has 3 aromatic rings. The van der Waals surface area contributed by atoms with Crippen molar-refractivity contribution < 1.29 is 0 Å². The van der Waals surface area contributed by atoms with Gasteiger partial charge in [-0.05, 0) is 25.1 Å². The van der Waals surface area contributed by atoms with E-state index < -0.39 is 0 Å². The summed E-state index contributed by atoms with van der Waals surface area (Å²) in [5, 5.41) is 15.8. The van der Waals surface area contributed by atoms with Gasteiger partial charge in [-0.25, -0.2) is 0 Å². The smallest absolute Gasteiger partial charge is 0.163 e. The Balaban J connectivity index is 1.84. The lowest BCUT2D eigenvalue weighted by Gasteiger charge is -2.16. The number of rotatable bonds is 4. The first-order valence-electron chi connectivity index (χ1n) is 6.84. The topological polar surface area (TPSA) is 60.6 Å². The molecule has 0 radical (unpaired) electrons. The number of hydrogen-bond acceptors (Lipinski definition) is 4. The number of nitrogens with one attached hydrogen (secondary N) is 1. The molecule has 3 rings (SSSR count). The quantitative estimate of drug-likeness (QED) is 0.798. The van der Waals surface area contributed by atoms with E-state index in [1.807, 2.05) is 53.8 Å². The van der Waals surface area contributed by atoms with Crippen LogP contribution in [0.3, 0.4) is 0 Å². The highest BCUT2D eigenvalue weighted by molar-refractivity contribution is 5.62. The Kier molecular flexibility index (Phi) is 3.43. The van der Waals surface area contributed by atoms with Crippen molar-refractivity contribution in [2.75, 3.05) is 5.32 Å². The van der Waals surface area contributed by atoms with Gasteiger partial charge in [0.25, 0.3) is 0 Å². The maximum atomic E-state index is 4.20. The maximum Gasteiger partial charge on any atom is 0.163 e. The Bertz CT molecular complexity index is 742. The fourth-order valence-electron chi connectivity index (χ4n) is 2.43. The van der Waals surface area contributed by atoms with E-state index in [1.165, 1.54) is 0 Å². The second-order valence-corrected chi connectivity index (χ2v) is 5.09. The number of nitrogens with zero attached hydrogens (tertiary/aromatic N) is 5. The van der Waals surface area contributed by atoms with Crippen LogP contribution < -0.4 is 5.32 Å². The van der Waals surface area contributed by atoms with Crippen molar-refractivity contribution in [1.29, 1.82) is 0 Å². The van der Waals surface area contributed by atoms with Crippen molar-refractivity contribution in [3.05, 3.63) is 48.5 Å². The molecule has 2 aromatic heterocycles. The summed E-state index contributed by atoms with van der Waals surface area (Å²) in [7, 11) is 3.89. The first kappa shape index (κ1) is 13.4. The summed E-state index contributed by atoms with van der Waals surface area (Å²) in [6.45, 7) is 2.12. The molecule has 6 nitrogen and oxygen atoms in total. The first-order chi connectivity index (χ1) is 10.1. The highest BCUT2D eigenvalue weighted by atomic mass is 15.3. The van der Waals surface area contributed by atoms with Crippen molar-refractivity contribution in [1.82, 2.24) is 24.5 Å². The van der Waals surface area contributed by atoms with Gasteiger partial charge in [0.1, 0.15) is 6.33 Å². The largest absolute Gasteiger partial charge is 0.377 e. The number of anilines is 1. The highest BCUT2D eigenvalue weighted by Gasteiger charge is 2.10. The van der Waals surface area contributed by atoms with E-state index in [-0.39, 0.29) is 6.04 Å². The lowest BCUT2D eigenvalue weighted by atomic mass is 10.1. The Morgan fingerprint density at radius 3 is 2.71 bits per heavy atom.